The molecule has 0 saturated heterocycles. The highest BCUT2D eigenvalue weighted by atomic mass is 16.1. The lowest BCUT2D eigenvalue weighted by Crippen LogP contribution is -2.14. The summed E-state index contributed by atoms with van der Waals surface area (Å²) >= 11 is 0. The van der Waals surface area contributed by atoms with Crippen LogP contribution in [0.2, 0.25) is 0 Å². The average molecular weight is 203 g/mol. The van der Waals surface area contributed by atoms with E-state index in [0.29, 0.717) is 11.8 Å². The molecule has 2 rings (SSSR count). The van der Waals surface area contributed by atoms with Crippen molar-refractivity contribution < 1.29 is 4.79 Å². The molecule has 1 saturated carbocycles. The van der Waals surface area contributed by atoms with E-state index in [1.807, 2.05) is 12.1 Å². The van der Waals surface area contributed by atoms with Gasteiger partial charge in [0, 0.05) is 11.6 Å². The summed E-state index contributed by atoms with van der Waals surface area (Å²) in [4.78, 5) is 10.6. The Bertz CT molecular complexity index is 340. The van der Waals surface area contributed by atoms with Crippen molar-refractivity contribution >= 4 is 12.0 Å². The summed E-state index contributed by atoms with van der Waals surface area (Å²) in [6.45, 7) is 0. The SMILES string of the molecule is Nc1cccc(C2CCC(C=O)CC2)c1. The molecule has 0 aromatic heterocycles. The highest BCUT2D eigenvalue weighted by Crippen LogP contribution is 2.35. The highest BCUT2D eigenvalue weighted by molar-refractivity contribution is 5.53. The van der Waals surface area contributed by atoms with Crippen LogP contribution in [0.3, 0.4) is 0 Å². The number of nitrogen functional groups attached to an aromatic ring is 1. The van der Waals surface area contributed by atoms with Crippen LogP contribution < -0.4 is 5.73 Å². The van der Waals surface area contributed by atoms with Crippen LogP contribution in [0.25, 0.3) is 0 Å². The Labute approximate surface area is 90.5 Å². The van der Waals surface area contributed by atoms with Crippen molar-refractivity contribution in [2.75, 3.05) is 5.73 Å². The first-order valence-electron chi connectivity index (χ1n) is 5.60. The Morgan fingerprint density at radius 1 is 1.20 bits per heavy atom. The van der Waals surface area contributed by atoms with Crippen molar-refractivity contribution in [1.82, 2.24) is 0 Å². The molecule has 1 fully saturated rings. The summed E-state index contributed by atoms with van der Waals surface area (Å²) < 4.78 is 0. The molecule has 0 amide bonds. The van der Waals surface area contributed by atoms with Crippen LogP contribution in [-0.4, -0.2) is 6.29 Å². The maximum Gasteiger partial charge on any atom is 0.123 e. The monoisotopic (exact) mass is 203 g/mol. The summed E-state index contributed by atoms with van der Waals surface area (Å²) in [5.41, 5.74) is 7.93. The molecule has 0 atom stereocenters. The van der Waals surface area contributed by atoms with E-state index in [1.54, 1.807) is 0 Å². The van der Waals surface area contributed by atoms with E-state index in [9.17, 15) is 4.79 Å². The van der Waals surface area contributed by atoms with Gasteiger partial charge in [0.2, 0.25) is 0 Å². The Hall–Kier alpha value is -1.31. The Morgan fingerprint density at radius 3 is 2.53 bits per heavy atom. The molecule has 1 aliphatic carbocycles. The quantitative estimate of drug-likeness (QED) is 0.593. The average Bonchev–Trinajstić information content (AvgIpc) is 2.29. The number of anilines is 1. The lowest BCUT2D eigenvalue weighted by atomic mass is 9.79. The van der Waals surface area contributed by atoms with Gasteiger partial charge in [0.05, 0.1) is 0 Å². The molecule has 0 unspecified atom stereocenters. The van der Waals surface area contributed by atoms with Crippen molar-refractivity contribution in [1.29, 1.82) is 0 Å². The Kier molecular flexibility index (Phi) is 3.05. The minimum atomic E-state index is 0.294. The van der Waals surface area contributed by atoms with Gasteiger partial charge in [-0.3, -0.25) is 0 Å². The van der Waals surface area contributed by atoms with E-state index >= 15 is 0 Å². The maximum atomic E-state index is 10.6. The van der Waals surface area contributed by atoms with Crippen LogP contribution in [0.4, 0.5) is 5.69 Å². The van der Waals surface area contributed by atoms with Gasteiger partial charge < -0.3 is 10.5 Å². The third-order valence-electron chi connectivity index (χ3n) is 3.35. The molecule has 2 N–H and O–H groups in total. The predicted octanol–water partition coefficient (Wildman–Crippen LogP) is 2.74. The second kappa shape index (κ2) is 4.47. The lowest BCUT2D eigenvalue weighted by Gasteiger charge is -2.25. The number of carbonyl (C=O) groups excluding carboxylic acids is 1. The summed E-state index contributed by atoms with van der Waals surface area (Å²) in [6, 6.07) is 8.13. The molecule has 0 radical (unpaired) electrons. The first-order valence-corrected chi connectivity index (χ1v) is 5.60. The van der Waals surface area contributed by atoms with Crippen molar-refractivity contribution in [2.45, 2.75) is 31.6 Å². The van der Waals surface area contributed by atoms with E-state index < -0.39 is 0 Å². The molecule has 2 nitrogen and oxygen atoms in total. The normalized spacial score (nSPS) is 26.1. The van der Waals surface area contributed by atoms with E-state index in [0.717, 1.165) is 37.7 Å². The van der Waals surface area contributed by atoms with Gasteiger partial charge in [0.1, 0.15) is 6.29 Å². The number of rotatable bonds is 2. The molecule has 80 valence electrons. The van der Waals surface area contributed by atoms with Gasteiger partial charge in [-0.25, -0.2) is 0 Å². The molecule has 2 heteroatoms. The molecular formula is C13H17NO. The fourth-order valence-corrected chi connectivity index (χ4v) is 2.40. The van der Waals surface area contributed by atoms with Crippen molar-refractivity contribution in [3.8, 4) is 0 Å². The first kappa shape index (κ1) is 10.2. The van der Waals surface area contributed by atoms with Crippen molar-refractivity contribution in [2.24, 2.45) is 5.92 Å². The minimum Gasteiger partial charge on any atom is -0.399 e. The summed E-state index contributed by atoms with van der Waals surface area (Å²) in [5, 5.41) is 0. The highest BCUT2D eigenvalue weighted by Gasteiger charge is 2.21. The topological polar surface area (TPSA) is 43.1 Å². The van der Waals surface area contributed by atoms with Crippen LogP contribution in [0.5, 0.6) is 0 Å². The van der Waals surface area contributed by atoms with E-state index in [1.165, 1.54) is 5.56 Å². The lowest BCUT2D eigenvalue weighted by molar-refractivity contribution is -0.111. The van der Waals surface area contributed by atoms with E-state index in [4.69, 9.17) is 5.73 Å². The first-order chi connectivity index (χ1) is 7.29. The van der Waals surface area contributed by atoms with Crippen LogP contribution in [0, 0.1) is 5.92 Å². The van der Waals surface area contributed by atoms with E-state index in [-0.39, 0.29) is 0 Å². The third-order valence-corrected chi connectivity index (χ3v) is 3.35. The van der Waals surface area contributed by atoms with Gasteiger partial charge in [0.25, 0.3) is 0 Å². The van der Waals surface area contributed by atoms with Crippen LogP contribution in [0.15, 0.2) is 24.3 Å². The fraction of sp³-hybridized carbons (Fsp3) is 0.462. The standard InChI is InChI=1S/C13H17NO/c14-13-3-1-2-12(8-13)11-6-4-10(9-15)5-7-11/h1-3,8-11H,4-7,14H2. The van der Waals surface area contributed by atoms with E-state index in [2.05, 4.69) is 12.1 Å². The molecule has 1 aromatic rings. The maximum absolute atomic E-state index is 10.6. The molecule has 15 heavy (non-hydrogen) atoms. The van der Waals surface area contributed by atoms with Crippen LogP contribution >= 0.6 is 0 Å². The zero-order valence-electron chi connectivity index (χ0n) is 8.86. The summed E-state index contributed by atoms with van der Waals surface area (Å²) in [6.07, 6.45) is 5.40. The van der Waals surface area contributed by atoms with Crippen molar-refractivity contribution in [3.05, 3.63) is 29.8 Å². The number of hydrogen-bond donors (Lipinski definition) is 1. The van der Waals surface area contributed by atoms with Gasteiger partial charge >= 0.3 is 0 Å². The molecule has 0 aliphatic heterocycles. The molecule has 1 aliphatic rings. The second-order valence-corrected chi connectivity index (χ2v) is 4.42. The smallest absolute Gasteiger partial charge is 0.123 e. The Morgan fingerprint density at radius 2 is 1.93 bits per heavy atom. The number of aldehydes is 1. The van der Waals surface area contributed by atoms with Gasteiger partial charge in [-0.1, -0.05) is 12.1 Å². The van der Waals surface area contributed by atoms with Gasteiger partial charge in [-0.2, -0.15) is 0 Å². The molecule has 0 heterocycles. The molecule has 1 aromatic carbocycles. The van der Waals surface area contributed by atoms with Crippen LogP contribution in [-0.2, 0) is 4.79 Å². The number of carbonyl (C=O) groups is 1. The number of nitrogens with two attached hydrogens (primary N) is 1. The number of benzene rings is 1. The summed E-state index contributed by atoms with van der Waals surface area (Å²) in [7, 11) is 0. The fourth-order valence-electron chi connectivity index (χ4n) is 2.40. The molecule has 0 spiro atoms. The van der Waals surface area contributed by atoms with Gasteiger partial charge in [-0.15, -0.1) is 0 Å². The van der Waals surface area contributed by atoms with Crippen molar-refractivity contribution in [3.63, 3.8) is 0 Å². The summed E-state index contributed by atoms with van der Waals surface area (Å²) in [5.74, 6) is 0.895. The molecular weight excluding hydrogens is 186 g/mol. The van der Waals surface area contributed by atoms with Gasteiger partial charge in [-0.05, 0) is 49.3 Å². The zero-order chi connectivity index (χ0) is 10.7. The number of hydrogen-bond acceptors (Lipinski definition) is 2. The second-order valence-electron chi connectivity index (χ2n) is 4.42. The Balaban J connectivity index is 2.04. The van der Waals surface area contributed by atoms with Crippen LogP contribution in [0.1, 0.15) is 37.2 Å². The third kappa shape index (κ3) is 2.38. The largest absolute Gasteiger partial charge is 0.399 e. The zero-order valence-corrected chi connectivity index (χ0v) is 8.86. The molecule has 0 bridgehead atoms. The predicted molar refractivity (Wildman–Crippen MR) is 61.6 cm³/mol. The minimum absolute atomic E-state index is 0.294. The van der Waals surface area contributed by atoms with Gasteiger partial charge in [0.15, 0.2) is 0 Å².